The first-order chi connectivity index (χ1) is 15.9. The predicted molar refractivity (Wildman–Crippen MR) is 133 cm³/mol. The fourth-order valence-corrected chi connectivity index (χ4v) is 3.91. The van der Waals surface area contributed by atoms with E-state index in [9.17, 15) is 9.59 Å². The number of fused-ring (bicyclic) bond motifs is 1. The van der Waals surface area contributed by atoms with Crippen molar-refractivity contribution < 1.29 is 9.53 Å². The Bertz CT molecular complexity index is 1410. The highest BCUT2D eigenvalue weighted by Gasteiger charge is 2.11. The SMILES string of the molecule is COc1ccc(Cn2c(=S)[nH]c3cc(C(=O)NCCc4ccc(Cl)cc4)ccc3c2=O)cc1. The van der Waals surface area contributed by atoms with Crippen molar-refractivity contribution in [2.75, 3.05) is 13.7 Å². The van der Waals surface area contributed by atoms with Gasteiger partial charge in [-0.2, -0.15) is 0 Å². The highest BCUT2D eigenvalue weighted by molar-refractivity contribution is 7.71. The molecule has 4 aromatic rings. The smallest absolute Gasteiger partial charge is 0.262 e. The van der Waals surface area contributed by atoms with Gasteiger partial charge in [0.15, 0.2) is 4.77 Å². The number of aromatic amines is 1. The summed E-state index contributed by atoms with van der Waals surface area (Å²) in [6.07, 6.45) is 0.689. The Morgan fingerprint density at radius 3 is 2.45 bits per heavy atom. The van der Waals surface area contributed by atoms with E-state index in [-0.39, 0.29) is 11.5 Å². The Morgan fingerprint density at radius 2 is 1.76 bits per heavy atom. The van der Waals surface area contributed by atoms with Gasteiger partial charge in [0.2, 0.25) is 0 Å². The number of methoxy groups -OCH3 is 1. The van der Waals surface area contributed by atoms with E-state index in [1.54, 1.807) is 25.3 Å². The van der Waals surface area contributed by atoms with E-state index in [1.165, 1.54) is 4.57 Å². The number of benzene rings is 3. The van der Waals surface area contributed by atoms with Gasteiger partial charge in [-0.05, 0) is 72.2 Å². The molecule has 168 valence electrons. The summed E-state index contributed by atoms with van der Waals surface area (Å²) < 4.78 is 6.97. The maximum absolute atomic E-state index is 13.1. The lowest BCUT2D eigenvalue weighted by molar-refractivity contribution is 0.0954. The largest absolute Gasteiger partial charge is 0.497 e. The van der Waals surface area contributed by atoms with Crippen LogP contribution in [0.2, 0.25) is 5.02 Å². The summed E-state index contributed by atoms with van der Waals surface area (Å²) in [4.78, 5) is 28.7. The molecular weight excluding hydrogens is 458 g/mol. The fraction of sp³-hybridized carbons (Fsp3) is 0.160. The van der Waals surface area contributed by atoms with E-state index >= 15 is 0 Å². The number of amides is 1. The van der Waals surface area contributed by atoms with Crippen LogP contribution in [0.15, 0.2) is 71.5 Å². The number of H-pyrrole nitrogens is 1. The molecule has 1 amide bonds. The second kappa shape index (κ2) is 10.0. The fourth-order valence-electron chi connectivity index (χ4n) is 3.53. The monoisotopic (exact) mass is 479 g/mol. The number of nitrogens with zero attached hydrogens (tertiary/aromatic N) is 1. The molecule has 0 saturated carbocycles. The van der Waals surface area contributed by atoms with E-state index in [0.717, 1.165) is 16.9 Å². The van der Waals surface area contributed by atoms with Crippen molar-refractivity contribution in [2.24, 2.45) is 0 Å². The van der Waals surface area contributed by atoms with E-state index in [0.29, 0.717) is 45.8 Å². The highest BCUT2D eigenvalue weighted by atomic mass is 35.5. The summed E-state index contributed by atoms with van der Waals surface area (Å²) in [6.45, 7) is 0.818. The van der Waals surface area contributed by atoms with E-state index in [2.05, 4.69) is 10.3 Å². The number of rotatable bonds is 7. The molecule has 8 heteroatoms. The molecule has 33 heavy (non-hydrogen) atoms. The van der Waals surface area contributed by atoms with Crippen LogP contribution in [0.25, 0.3) is 10.9 Å². The molecule has 1 heterocycles. The summed E-state index contributed by atoms with van der Waals surface area (Å²) >= 11 is 11.3. The Labute approximate surface area is 200 Å². The predicted octanol–water partition coefficient (Wildman–Crippen LogP) is 4.74. The molecule has 0 radical (unpaired) electrons. The second-order valence-electron chi connectivity index (χ2n) is 7.56. The second-order valence-corrected chi connectivity index (χ2v) is 8.39. The standard InChI is InChI=1S/C25H22ClN3O3S/c1-32-20-9-4-17(5-10-20)15-29-24(31)21-11-6-18(14-22(21)28-25(29)33)23(30)27-13-12-16-2-7-19(26)8-3-16/h2-11,14H,12-13,15H2,1H3,(H,27,30)(H,28,33). The number of halogens is 1. The number of hydrogen-bond acceptors (Lipinski definition) is 4. The van der Waals surface area contributed by atoms with Crippen LogP contribution in [0, 0.1) is 4.77 Å². The van der Waals surface area contributed by atoms with Crippen LogP contribution in [0.1, 0.15) is 21.5 Å². The van der Waals surface area contributed by atoms with Crippen LogP contribution in [0.3, 0.4) is 0 Å². The van der Waals surface area contributed by atoms with E-state index in [4.69, 9.17) is 28.6 Å². The third kappa shape index (κ3) is 5.32. The normalized spacial score (nSPS) is 10.8. The summed E-state index contributed by atoms with van der Waals surface area (Å²) in [5.41, 5.74) is 2.78. The zero-order valence-electron chi connectivity index (χ0n) is 17.9. The first-order valence-corrected chi connectivity index (χ1v) is 11.2. The Morgan fingerprint density at radius 1 is 1.06 bits per heavy atom. The van der Waals surface area contributed by atoms with Crippen LogP contribution in [-0.2, 0) is 13.0 Å². The van der Waals surface area contributed by atoms with Crippen molar-refractivity contribution in [2.45, 2.75) is 13.0 Å². The maximum atomic E-state index is 13.1. The Kier molecular flexibility index (Phi) is 6.91. The van der Waals surface area contributed by atoms with Gasteiger partial charge in [0, 0.05) is 17.1 Å². The molecular formula is C25H22ClN3O3S. The number of carbonyl (C=O) groups is 1. The molecule has 0 aliphatic rings. The minimum atomic E-state index is -0.215. The van der Waals surface area contributed by atoms with Crippen LogP contribution < -0.4 is 15.6 Å². The van der Waals surface area contributed by atoms with Crippen molar-refractivity contribution in [3.8, 4) is 5.75 Å². The van der Waals surface area contributed by atoms with Gasteiger partial charge in [-0.3, -0.25) is 14.2 Å². The van der Waals surface area contributed by atoms with Crippen LogP contribution >= 0.6 is 23.8 Å². The van der Waals surface area contributed by atoms with E-state index < -0.39 is 0 Å². The summed E-state index contributed by atoms with van der Waals surface area (Å²) in [6, 6.07) is 19.9. The lowest BCUT2D eigenvalue weighted by Gasteiger charge is -2.10. The summed E-state index contributed by atoms with van der Waals surface area (Å²) in [7, 11) is 1.60. The lowest BCUT2D eigenvalue weighted by atomic mass is 10.1. The Balaban J connectivity index is 1.50. The van der Waals surface area contributed by atoms with Gasteiger partial charge >= 0.3 is 0 Å². The topological polar surface area (TPSA) is 76.1 Å². The average Bonchev–Trinajstić information content (AvgIpc) is 2.83. The van der Waals surface area contributed by atoms with Crippen LogP contribution in [0.5, 0.6) is 5.75 Å². The van der Waals surface area contributed by atoms with Gasteiger partial charge in [0.25, 0.3) is 11.5 Å². The molecule has 0 saturated heterocycles. The molecule has 6 nitrogen and oxygen atoms in total. The number of ether oxygens (including phenoxy) is 1. The number of nitrogens with one attached hydrogen (secondary N) is 2. The quantitative estimate of drug-likeness (QED) is 0.375. The first kappa shape index (κ1) is 22.8. The van der Waals surface area contributed by atoms with Gasteiger partial charge in [0.05, 0.1) is 24.6 Å². The van der Waals surface area contributed by atoms with Gasteiger partial charge < -0.3 is 15.0 Å². The molecule has 4 rings (SSSR count). The number of hydrogen-bond donors (Lipinski definition) is 2. The van der Waals surface area contributed by atoms with Crippen molar-refractivity contribution >= 4 is 40.6 Å². The molecule has 1 aromatic heterocycles. The van der Waals surface area contributed by atoms with Crippen molar-refractivity contribution in [3.63, 3.8) is 0 Å². The van der Waals surface area contributed by atoms with Crippen molar-refractivity contribution in [1.82, 2.24) is 14.9 Å². The molecule has 2 N–H and O–H groups in total. The molecule has 0 bridgehead atoms. The molecule has 0 aliphatic carbocycles. The van der Waals surface area contributed by atoms with Crippen molar-refractivity contribution in [3.05, 3.63) is 104 Å². The third-order valence-electron chi connectivity index (χ3n) is 5.36. The summed E-state index contributed by atoms with van der Waals surface area (Å²) in [5, 5.41) is 4.05. The number of carbonyl (C=O) groups excluding carboxylic acids is 1. The molecule has 0 spiro atoms. The minimum Gasteiger partial charge on any atom is -0.497 e. The molecule has 0 unspecified atom stereocenters. The van der Waals surface area contributed by atoms with Gasteiger partial charge in [-0.15, -0.1) is 0 Å². The maximum Gasteiger partial charge on any atom is 0.262 e. The van der Waals surface area contributed by atoms with Crippen molar-refractivity contribution in [1.29, 1.82) is 0 Å². The van der Waals surface area contributed by atoms with Gasteiger partial charge in [-0.25, -0.2) is 0 Å². The zero-order chi connectivity index (χ0) is 23.4. The minimum absolute atomic E-state index is 0.209. The third-order valence-corrected chi connectivity index (χ3v) is 5.93. The van der Waals surface area contributed by atoms with Gasteiger partial charge in [0.1, 0.15) is 5.75 Å². The number of aromatic nitrogens is 2. The Hall–Kier alpha value is -3.42. The highest BCUT2D eigenvalue weighted by Crippen LogP contribution is 2.15. The average molecular weight is 480 g/mol. The van der Waals surface area contributed by atoms with Crippen LogP contribution in [0.4, 0.5) is 0 Å². The van der Waals surface area contributed by atoms with Gasteiger partial charge in [-0.1, -0.05) is 35.9 Å². The molecule has 0 aliphatic heterocycles. The van der Waals surface area contributed by atoms with E-state index in [1.807, 2.05) is 48.5 Å². The molecule has 0 atom stereocenters. The molecule has 3 aromatic carbocycles. The molecule has 0 fully saturated rings. The first-order valence-electron chi connectivity index (χ1n) is 10.4. The van der Waals surface area contributed by atoms with Crippen LogP contribution in [-0.4, -0.2) is 29.1 Å². The summed E-state index contributed by atoms with van der Waals surface area (Å²) in [5.74, 6) is 0.529. The lowest BCUT2D eigenvalue weighted by Crippen LogP contribution is -2.26. The zero-order valence-corrected chi connectivity index (χ0v) is 19.5.